The van der Waals surface area contributed by atoms with Crippen LogP contribution in [0.2, 0.25) is 5.02 Å². The average molecular weight is 310 g/mol. The minimum absolute atomic E-state index is 0.108. The number of halogens is 2. The average Bonchev–Trinajstić information content (AvgIpc) is 2.46. The summed E-state index contributed by atoms with van der Waals surface area (Å²) in [5.41, 5.74) is 7.12. The lowest BCUT2D eigenvalue weighted by molar-refractivity contribution is 0.295. The maximum absolute atomic E-state index is 13.9. The summed E-state index contributed by atoms with van der Waals surface area (Å²) in [4.78, 5) is 0. The molecule has 0 bridgehead atoms. The van der Waals surface area contributed by atoms with E-state index in [2.05, 4.69) is 0 Å². The van der Waals surface area contributed by atoms with Crippen LogP contribution in [-0.2, 0) is 6.61 Å². The standard InChI is InChI=1S/C16H17ClFNO2/c1-10(19)14-7-12(17)4-6-16(14)21-9-11-3-5-13(20-2)8-15(11)18/h3-8,10H,9,19H2,1-2H3/t10-/m1/s1. The van der Waals surface area contributed by atoms with Crippen LogP contribution in [0, 0.1) is 5.82 Å². The van der Waals surface area contributed by atoms with Crippen LogP contribution in [0.25, 0.3) is 0 Å². The van der Waals surface area contributed by atoms with Gasteiger partial charge in [0, 0.05) is 28.3 Å². The normalized spacial score (nSPS) is 12.0. The van der Waals surface area contributed by atoms with Crippen molar-refractivity contribution in [2.75, 3.05) is 7.11 Å². The van der Waals surface area contributed by atoms with Crippen LogP contribution >= 0.6 is 11.6 Å². The molecule has 0 spiro atoms. The monoisotopic (exact) mass is 309 g/mol. The molecule has 2 aromatic rings. The molecule has 0 aliphatic carbocycles. The van der Waals surface area contributed by atoms with Crippen molar-refractivity contribution < 1.29 is 13.9 Å². The third kappa shape index (κ3) is 3.86. The zero-order valence-electron chi connectivity index (χ0n) is 11.9. The molecule has 21 heavy (non-hydrogen) atoms. The lowest BCUT2D eigenvalue weighted by Crippen LogP contribution is -2.08. The third-order valence-corrected chi connectivity index (χ3v) is 3.34. The van der Waals surface area contributed by atoms with Crippen LogP contribution in [-0.4, -0.2) is 7.11 Å². The molecular formula is C16H17ClFNO2. The highest BCUT2D eigenvalue weighted by Gasteiger charge is 2.11. The molecule has 0 saturated heterocycles. The van der Waals surface area contributed by atoms with E-state index in [1.807, 2.05) is 6.92 Å². The quantitative estimate of drug-likeness (QED) is 0.905. The van der Waals surface area contributed by atoms with Crippen LogP contribution in [0.4, 0.5) is 4.39 Å². The second-order valence-corrected chi connectivity index (χ2v) is 5.15. The zero-order chi connectivity index (χ0) is 15.4. The van der Waals surface area contributed by atoms with Gasteiger partial charge in [-0.3, -0.25) is 0 Å². The van der Waals surface area contributed by atoms with Gasteiger partial charge in [-0.2, -0.15) is 0 Å². The number of hydrogen-bond donors (Lipinski definition) is 1. The highest BCUT2D eigenvalue weighted by molar-refractivity contribution is 6.30. The number of hydrogen-bond acceptors (Lipinski definition) is 3. The fraction of sp³-hybridized carbons (Fsp3) is 0.250. The van der Waals surface area contributed by atoms with E-state index in [0.29, 0.717) is 22.1 Å². The van der Waals surface area contributed by atoms with E-state index in [-0.39, 0.29) is 18.5 Å². The maximum Gasteiger partial charge on any atom is 0.133 e. The van der Waals surface area contributed by atoms with E-state index in [9.17, 15) is 4.39 Å². The first kappa shape index (κ1) is 15.6. The maximum atomic E-state index is 13.9. The Balaban J connectivity index is 2.16. The zero-order valence-corrected chi connectivity index (χ0v) is 12.7. The van der Waals surface area contributed by atoms with E-state index in [0.717, 1.165) is 5.56 Å². The van der Waals surface area contributed by atoms with Crippen LogP contribution in [0.1, 0.15) is 24.1 Å². The smallest absolute Gasteiger partial charge is 0.133 e. The van der Waals surface area contributed by atoms with Crippen LogP contribution < -0.4 is 15.2 Å². The Morgan fingerprint density at radius 3 is 2.62 bits per heavy atom. The predicted molar refractivity (Wildman–Crippen MR) is 81.3 cm³/mol. The summed E-state index contributed by atoms with van der Waals surface area (Å²) >= 11 is 5.95. The van der Waals surface area contributed by atoms with Gasteiger partial charge in [-0.25, -0.2) is 4.39 Å². The molecule has 0 aliphatic heterocycles. The Bertz CT molecular complexity index is 632. The topological polar surface area (TPSA) is 44.5 Å². The van der Waals surface area contributed by atoms with E-state index in [1.54, 1.807) is 30.3 Å². The van der Waals surface area contributed by atoms with Crippen molar-refractivity contribution in [3.8, 4) is 11.5 Å². The van der Waals surface area contributed by atoms with Gasteiger partial charge in [0.15, 0.2) is 0 Å². The Labute approximate surface area is 128 Å². The summed E-state index contributed by atoms with van der Waals surface area (Å²) in [5, 5.41) is 0.588. The molecule has 0 heterocycles. The number of rotatable bonds is 5. The number of nitrogens with two attached hydrogens (primary N) is 1. The molecule has 2 rings (SSSR count). The Hall–Kier alpha value is -1.78. The van der Waals surface area contributed by atoms with Crippen molar-refractivity contribution in [1.82, 2.24) is 0 Å². The predicted octanol–water partition coefficient (Wildman–Crippen LogP) is 4.09. The third-order valence-electron chi connectivity index (χ3n) is 3.11. The molecule has 2 N–H and O–H groups in total. The first-order valence-electron chi connectivity index (χ1n) is 6.51. The second-order valence-electron chi connectivity index (χ2n) is 4.72. The fourth-order valence-corrected chi connectivity index (χ4v) is 2.11. The van der Waals surface area contributed by atoms with Crippen LogP contribution in [0.15, 0.2) is 36.4 Å². The molecule has 0 aliphatic rings. The van der Waals surface area contributed by atoms with Gasteiger partial charge < -0.3 is 15.2 Å². The summed E-state index contributed by atoms with van der Waals surface area (Å²) in [6.45, 7) is 1.95. The van der Waals surface area contributed by atoms with Gasteiger partial charge in [-0.05, 0) is 37.3 Å². The molecule has 0 aromatic heterocycles. The van der Waals surface area contributed by atoms with Crippen molar-refractivity contribution >= 4 is 11.6 Å². The van der Waals surface area contributed by atoms with Crippen molar-refractivity contribution in [2.24, 2.45) is 5.73 Å². The van der Waals surface area contributed by atoms with Crippen molar-refractivity contribution in [3.05, 3.63) is 58.4 Å². The molecule has 0 unspecified atom stereocenters. The van der Waals surface area contributed by atoms with E-state index < -0.39 is 0 Å². The summed E-state index contributed by atoms with van der Waals surface area (Å²) in [7, 11) is 1.49. The minimum Gasteiger partial charge on any atom is -0.497 e. The molecule has 0 amide bonds. The Kier molecular flexibility index (Phi) is 5.04. The molecule has 3 nitrogen and oxygen atoms in total. The summed E-state index contributed by atoms with van der Waals surface area (Å²) in [6, 6.07) is 9.64. The molecule has 0 saturated carbocycles. The molecule has 112 valence electrons. The molecule has 2 aromatic carbocycles. The van der Waals surface area contributed by atoms with E-state index in [4.69, 9.17) is 26.8 Å². The lowest BCUT2D eigenvalue weighted by Gasteiger charge is -2.15. The van der Waals surface area contributed by atoms with Gasteiger partial charge in [-0.1, -0.05) is 11.6 Å². The van der Waals surface area contributed by atoms with Gasteiger partial charge in [0.1, 0.15) is 23.9 Å². The Morgan fingerprint density at radius 2 is 2.00 bits per heavy atom. The van der Waals surface area contributed by atoms with Gasteiger partial charge >= 0.3 is 0 Å². The van der Waals surface area contributed by atoms with Crippen molar-refractivity contribution in [2.45, 2.75) is 19.6 Å². The summed E-state index contributed by atoms with van der Waals surface area (Å²) in [5.74, 6) is 0.703. The van der Waals surface area contributed by atoms with Crippen molar-refractivity contribution in [1.29, 1.82) is 0 Å². The highest BCUT2D eigenvalue weighted by atomic mass is 35.5. The fourth-order valence-electron chi connectivity index (χ4n) is 1.93. The van der Waals surface area contributed by atoms with E-state index in [1.165, 1.54) is 13.2 Å². The molecule has 0 fully saturated rings. The summed E-state index contributed by atoms with van der Waals surface area (Å²) < 4.78 is 24.5. The Morgan fingerprint density at radius 1 is 1.24 bits per heavy atom. The molecule has 5 heteroatoms. The molecule has 1 atom stereocenters. The van der Waals surface area contributed by atoms with E-state index >= 15 is 0 Å². The number of ether oxygens (including phenoxy) is 2. The van der Waals surface area contributed by atoms with Gasteiger partial charge in [0.05, 0.1) is 7.11 Å². The highest BCUT2D eigenvalue weighted by Crippen LogP contribution is 2.28. The number of benzene rings is 2. The van der Waals surface area contributed by atoms with Crippen LogP contribution in [0.5, 0.6) is 11.5 Å². The van der Waals surface area contributed by atoms with Crippen LogP contribution in [0.3, 0.4) is 0 Å². The second kappa shape index (κ2) is 6.78. The summed E-state index contributed by atoms with van der Waals surface area (Å²) in [6.07, 6.45) is 0. The number of methoxy groups -OCH3 is 1. The molecular weight excluding hydrogens is 293 g/mol. The largest absolute Gasteiger partial charge is 0.497 e. The lowest BCUT2D eigenvalue weighted by atomic mass is 10.1. The van der Waals surface area contributed by atoms with Gasteiger partial charge in [0.25, 0.3) is 0 Å². The van der Waals surface area contributed by atoms with Gasteiger partial charge in [0.2, 0.25) is 0 Å². The van der Waals surface area contributed by atoms with Gasteiger partial charge in [-0.15, -0.1) is 0 Å². The van der Waals surface area contributed by atoms with Crippen molar-refractivity contribution in [3.63, 3.8) is 0 Å². The first-order chi connectivity index (χ1) is 10.0. The minimum atomic E-state index is -0.370. The first-order valence-corrected chi connectivity index (χ1v) is 6.89. The SMILES string of the molecule is COc1ccc(COc2ccc(Cl)cc2[C@@H](C)N)c(F)c1. The molecule has 0 radical (unpaired) electrons.